The molecule has 0 fully saturated rings. The quantitative estimate of drug-likeness (QED) is 0.450. The molecule has 0 aliphatic rings. The number of hydrogen-bond acceptors (Lipinski definition) is 4. The minimum Gasteiger partial charge on any atom is -0.497 e. The highest BCUT2D eigenvalue weighted by atomic mass is 35.5. The van der Waals surface area contributed by atoms with Gasteiger partial charge in [-0.15, -0.1) is 0 Å². The third-order valence-electron chi connectivity index (χ3n) is 4.78. The summed E-state index contributed by atoms with van der Waals surface area (Å²) in [6.07, 6.45) is -4.77. The van der Waals surface area contributed by atoms with E-state index in [0.717, 1.165) is 10.4 Å². The van der Waals surface area contributed by atoms with Crippen molar-refractivity contribution >= 4 is 33.2 Å². The van der Waals surface area contributed by atoms with Gasteiger partial charge in [0, 0.05) is 11.6 Å². The van der Waals surface area contributed by atoms with Gasteiger partial charge in [-0.25, -0.2) is 8.42 Å². The highest BCUT2D eigenvalue weighted by Crippen LogP contribution is 2.36. The summed E-state index contributed by atoms with van der Waals surface area (Å²) in [6.45, 7) is -0.890. The number of benzene rings is 3. The number of methoxy groups -OCH3 is 1. The fourth-order valence-electron chi connectivity index (χ4n) is 3.12. The van der Waals surface area contributed by atoms with Crippen LogP contribution in [0.3, 0.4) is 0 Å². The molecule has 0 unspecified atom stereocenters. The van der Waals surface area contributed by atoms with Crippen LogP contribution in [0.2, 0.25) is 5.02 Å². The van der Waals surface area contributed by atoms with Gasteiger partial charge in [0.25, 0.3) is 0 Å². The maximum absolute atomic E-state index is 13.4. The molecule has 1 amide bonds. The van der Waals surface area contributed by atoms with E-state index in [-0.39, 0.29) is 16.5 Å². The summed E-state index contributed by atoms with van der Waals surface area (Å²) in [5.74, 6) is -0.505. The summed E-state index contributed by atoms with van der Waals surface area (Å²) in [4.78, 5) is 12.6. The van der Waals surface area contributed by atoms with Crippen LogP contribution in [0.25, 0.3) is 0 Å². The van der Waals surface area contributed by atoms with Crippen LogP contribution in [-0.4, -0.2) is 32.3 Å². The molecular weight excluding hydrogens is 493 g/mol. The van der Waals surface area contributed by atoms with E-state index in [1.807, 2.05) is 0 Å². The van der Waals surface area contributed by atoms with Crippen molar-refractivity contribution in [3.63, 3.8) is 0 Å². The molecule has 3 aromatic carbocycles. The average Bonchev–Trinajstić information content (AvgIpc) is 2.80. The molecule has 0 spiro atoms. The Bertz CT molecular complexity index is 1250. The Labute approximate surface area is 200 Å². The lowest BCUT2D eigenvalue weighted by Gasteiger charge is -2.23. The van der Waals surface area contributed by atoms with Crippen LogP contribution in [0.5, 0.6) is 5.75 Å². The Kier molecular flexibility index (Phi) is 7.86. The Morgan fingerprint density at radius 3 is 2.26 bits per heavy atom. The Morgan fingerprint density at radius 2 is 1.68 bits per heavy atom. The summed E-state index contributed by atoms with van der Waals surface area (Å²) in [5, 5.41) is 2.00. The zero-order valence-electron chi connectivity index (χ0n) is 17.8. The summed E-state index contributed by atoms with van der Waals surface area (Å²) < 4.78 is 72.7. The molecule has 0 aliphatic carbocycles. The van der Waals surface area contributed by atoms with E-state index in [9.17, 15) is 26.4 Å². The number of ether oxygens (including phenoxy) is 1. The van der Waals surface area contributed by atoms with Crippen molar-refractivity contribution < 1.29 is 31.1 Å². The maximum Gasteiger partial charge on any atom is 0.418 e. The Hall–Kier alpha value is -3.08. The topological polar surface area (TPSA) is 75.7 Å². The predicted molar refractivity (Wildman–Crippen MR) is 122 cm³/mol. The second kappa shape index (κ2) is 10.5. The van der Waals surface area contributed by atoms with Gasteiger partial charge < -0.3 is 10.1 Å². The summed E-state index contributed by atoms with van der Waals surface area (Å²) >= 11 is 5.67. The van der Waals surface area contributed by atoms with E-state index in [0.29, 0.717) is 17.4 Å². The highest BCUT2D eigenvalue weighted by molar-refractivity contribution is 7.89. The first kappa shape index (κ1) is 25.5. The number of nitrogens with zero attached hydrogens (tertiary/aromatic N) is 1. The number of halogens is 4. The van der Waals surface area contributed by atoms with Gasteiger partial charge in [-0.3, -0.25) is 4.79 Å². The number of carbonyl (C=O) groups excluding carboxylic acids is 1. The van der Waals surface area contributed by atoms with Crippen molar-refractivity contribution in [2.75, 3.05) is 19.0 Å². The van der Waals surface area contributed by atoms with Gasteiger partial charge in [0.05, 0.1) is 29.8 Å². The molecule has 3 aromatic rings. The van der Waals surface area contributed by atoms with Gasteiger partial charge >= 0.3 is 6.18 Å². The van der Waals surface area contributed by atoms with Crippen LogP contribution in [0.4, 0.5) is 18.9 Å². The first-order chi connectivity index (χ1) is 16.0. The summed E-state index contributed by atoms with van der Waals surface area (Å²) in [5.41, 5.74) is -1.07. The van der Waals surface area contributed by atoms with E-state index in [4.69, 9.17) is 16.3 Å². The molecule has 34 heavy (non-hydrogen) atoms. The fraction of sp³-hybridized carbons (Fsp3) is 0.174. The molecule has 0 radical (unpaired) electrons. The lowest BCUT2D eigenvalue weighted by Crippen LogP contribution is -2.37. The molecule has 0 saturated heterocycles. The molecule has 6 nitrogen and oxygen atoms in total. The van der Waals surface area contributed by atoms with E-state index in [1.165, 1.54) is 37.4 Å². The van der Waals surface area contributed by atoms with Gasteiger partial charge in [0.2, 0.25) is 15.9 Å². The van der Waals surface area contributed by atoms with Crippen LogP contribution in [0.15, 0.2) is 77.7 Å². The predicted octanol–water partition coefficient (Wildman–Crippen LogP) is 5.20. The molecule has 3 rings (SSSR count). The number of nitrogens with one attached hydrogen (secondary N) is 1. The molecule has 180 valence electrons. The number of anilines is 1. The van der Waals surface area contributed by atoms with E-state index in [1.54, 1.807) is 30.3 Å². The van der Waals surface area contributed by atoms with Gasteiger partial charge in [-0.05, 0) is 48.0 Å². The smallest absolute Gasteiger partial charge is 0.418 e. The van der Waals surface area contributed by atoms with Gasteiger partial charge in [-0.1, -0.05) is 41.9 Å². The SMILES string of the molecule is COc1ccc(S(=O)(=O)N(CC(=O)Nc2ccc(Cl)cc2C(F)(F)F)Cc2ccccc2)cc1. The van der Waals surface area contributed by atoms with Gasteiger partial charge in [-0.2, -0.15) is 17.5 Å². The number of hydrogen-bond donors (Lipinski definition) is 1. The zero-order chi connectivity index (χ0) is 24.9. The van der Waals surface area contributed by atoms with Crippen molar-refractivity contribution in [1.82, 2.24) is 4.31 Å². The lowest BCUT2D eigenvalue weighted by atomic mass is 10.1. The minimum atomic E-state index is -4.77. The zero-order valence-corrected chi connectivity index (χ0v) is 19.4. The van der Waals surface area contributed by atoms with Gasteiger partial charge in [0.15, 0.2) is 0 Å². The molecule has 1 N–H and O–H groups in total. The van der Waals surface area contributed by atoms with E-state index in [2.05, 4.69) is 5.32 Å². The van der Waals surface area contributed by atoms with Crippen LogP contribution in [0.1, 0.15) is 11.1 Å². The molecule has 0 heterocycles. The second-order valence-corrected chi connectivity index (χ2v) is 9.54. The molecule has 0 bridgehead atoms. The van der Waals surface area contributed by atoms with Gasteiger partial charge in [0.1, 0.15) is 5.75 Å². The third-order valence-corrected chi connectivity index (χ3v) is 6.82. The number of carbonyl (C=O) groups is 1. The fourth-order valence-corrected chi connectivity index (χ4v) is 4.68. The van der Waals surface area contributed by atoms with Crippen molar-refractivity contribution in [1.29, 1.82) is 0 Å². The highest BCUT2D eigenvalue weighted by Gasteiger charge is 2.35. The van der Waals surface area contributed by atoms with Crippen LogP contribution in [0, 0.1) is 0 Å². The normalized spacial score (nSPS) is 11.9. The van der Waals surface area contributed by atoms with Crippen molar-refractivity contribution in [2.24, 2.45) is 0 Å². The van der Waals surface area contributed by atoms with Crippen molar-refractivity contribution in [3.05, 3.63) is 88.9 Å². The van der Waals surface area contributed by atoms with E-state index < -0.39 is 39.9 Å². The molecule has 0 aliphatic heterocycles. The third kappa shape index (κ3) is 6.28. The molecular formula is C23H20ClF3N2O4S. The standard InChI is InChI=1S/C23H20ClF3N2O4S/c1-33-18-8-10-19(11-9-18)34(31,32)29(14-16-5-3-2-4-6-16)15-22(30)28-21-12-7-17(24)13-20(21)23(25,26)27/h2-13H,14-15H2,1H3,(H,28,30). The maximum atomic E-state index is 13.4. The summed E-state index contributed by atoms with van der Waals surface area (Å²) in [6, 6.07) is 17.0. The number of rotatable bonds is 8. The number of alkyl halides is 3. The first-order valence-electron chi connectivity index (χ1n) is 9.85. The van der Waals surface area contributed by atoms with E-state index >= 15 is 0 Å². The molecule has 0 aromatic heterocycles. The molecule has 0 saturated carbocycles. The van der Waals surface area contributed by atoms with Crippen LogP contribution >= 0.6 is 11.6 Å². The minimum absolute atomic E-state index is 0.0977. The van der Waals surface area contributed by atoms with Crippen LogP contribution in [-0.2, 0) is 27.5 Å². The van der Waals surface area contributed by atoms with Crippen molar-refractivity contribution in [3.8, 4) is 5.75 Å². The lowest BCUT2D eigenvalue weighted by molar-refractivity contribution is -0.137. The monoisotopic (exact) mass is 512 g/mol. The Balaban J connectivity index is 1.91. The molecule has 11 heteroatoms. The number of sulfonamides is 1. The second-order valence-electron chi connectivity index (χ2n) is 7.17. The van der Waals surface area contributed by atoms with Crippen LogP contribution < -0.4 is 10.1 Å². The number of amides is 1. The largest absolute Gasteiger partial charge is 0.497 e. The molecule has 0 atom stereocenters. The Morgan fingerprint density at radius 1 is 1.03 bits per heavy atom. The first-order valence-corrected chi connectivity index (χ1v) is 11.7. The summed E-state index contributed by atoms with van der Waals surface area (Å²) in [7, 11) is -2.75. The average molecular weight is 513 g/mol. The van der Waals surface area contributed by atoms with Crippen molar-refractivity contribution in [2.45, 2.75) is 17.6 Å².